The fraction of sp³-hybridized carbons (Fsp3) is 0.222. The van der Waals surface area contributed by atoms with Crippen LogP contribution in [-0.4, -0.2) is 21.1 Å². The van der Waals surface area contributed by atoms with Crippen LogP contribution in [0.4, 0.5) is 0 Å². The highest BCUT2D eigenvalue weighted by Crippen LogP contribution is 2.12. The lowest BCUT2D eigenvalue weighted by Crippen LogP contribution is -1.96. The number of pyridine rings is 1. The Balaban J connectivity index is 2.67. The second-order valence-electron chi connectivity index (χ2n) is 2.75. The third-order valence-electron chi connectivity index (χ3n) is 1.97. The van der Waals surface area contributed by atoms with E-state index in [9.17, 15) is 4.79 Å². The van der Waals surface area contributed by atoms with Gasteiger partial charge in [-0.2, -0.15) is 5.10 Å². The Morgan fingerprint density at radius 1 is 1.54 bits per heavy atom. The van der Waals surface area contributed by atoms with Gasteiger partial charge in [0, 0.05) is 11.9 Å². The van der Waals surface area contributed by atoms with Crippen molar-refractivity contribution in [3.8, 4) is 0 Å². The van der Waals surface area contributed by atoms with Gasteiger partial charge in [-0.15, -0.1) is 0 Å². The summed E-state index contributed by atoms with van der Waals surface area (Å²) in [6.45, 7) is 2.83. The zero-order chi connectivity index (χ0) is 9.26. The van der Waals surface area contributed by atoms with Crippen LogP contribution < -0.4 is 0 Å². The number of carbonyl (C=O) groups excluding carboxylic acids is 1. The predicted octanol–water partition coefficient (Wildman–Crippen LogP) is 1.26. The number of hydrogen-bond donors (Lipinski definition) is 0. The van der Waals surface area contributed by atoms with Crippen LogP contribution in [0.2, 0.25) is 0 Å². The molecular weight excluding hydrogens is 166 g/mol. The van der Waals surface area contributed by atoms with E-state index in [0.717, 1.165) is 23.7 Å². The molecule has 4 nitrogen and oxygen atoms in total. The Hall–Kier alpha value is -1.71. The van der Waals surface area contributed by atoms with E-state index >= 15 is 0 Å². The summed E-state index contributed by atoms with van der Waals surface area (Å²) >= 11 is 0. The van der Waals surface area contributed by atoms with E-state index in [4.69, 9.17) is 0 Å². The summed E-state index contributed by atoms with van der Waals surface area (Å²) in [5, 5.41) is 5.11. The van der Waals surface area contributed by atoms with Gasteiger partial charge in [0.1, 0.15) is 5.69 Å². The second-order valence-corrected chi connectivity index (χ2v) is 2.75. The molecule has 0 unspecified atom stereocenters. The van der Waals surface area contributed by atoms with Gasteiger partial charge in [0.2, 0.25) is 0 Å². The number of rotatable bonds is 2. The normalized spacial score (nSPS) is 10.5. The van der Waals surface area contributed by atoms with Gasteiger partial charge in [-0.3, -0.25) is 14.5 Å². The summed E-state index contributed by atoms with van der Waals surface area (Å²) < 4.78 is 1.84. The monoisotopic (exact) mass is 175 g/mol. The molecule has 0 aliphatic carbocycles. The molecule has 13 heavy (non-hydrogen) atoms. The molecule has 0 bridgehead atoms. The van der Waals surface area contributed by atoms with Gasteiger partial charge >= 0.3 is 0 Å². The molecule has 2 heterocycles. The molecule has 0 aromatic carbocycles. The topological polar surface area (TPSA) is 47.8 Å². The Kier molecular flexibility index (Phi) is 1.81. The zero-order valence-corrected chi connectivity index (χ0v) is 7.27. The van der Waals surface area contributed by atoms with Crippen molar-refractivity contribution in [1.29, 1.82) is 0 Å². The second kappa shape index (κ2) is 2.97. The highest BCUT2D eigenvalue weighted by molar-refractivity contribution is 5.84. The number of aldehydes is 1. The number of aryl methyl sites for hydroxylation is 1. The number of carbonyl (C=O) groups is 1. The Labute approximate surface area is 75.2 Å². The molecule has 2 rings (SSSR count). The first-order chi connectivity index (χ1) is 6.35. The summed E-state index contributed by atoms with van der Waals surface area (Å²) in [7, 11) is 0. The van der Waals surface area contributed by atoms with E-state index in [1.165, 1.54) is 0 Å². The van der Waals surface area contributed by atoms with Gasteiger partial charge in [-0.25, -0.2) is 0 Å². The van der Waals surface area contributed by atoms with Crippen molar-refractivity contribution in [2.45, 2.75) is 13.5 Å². The quantitative estimate of drug-likeness (QED) is 0.645. The van der Waals surface area contributed by atoms with E-state index in [2.05, 4.69) is 10.1 Å². The molecule has 0 N–H and O–H groups in total. The maximum absolute atomic E-state index is 10.4. The highest BCUT2D eigenvalue weighted by Gasteiger charge is 2.01. The standard InChI is InChI=1S/C9H9N3O/c1-2-12-9-5-10-8(6-13)3-7(9)4-11-12/h3-6H,2H2,1H3. The molecule has 0 amide bonds. The molecule has 0 fully saturated rings. The minimum atomic E-state index is 0.447. The van der Waals surface area contributed by atoms with Gasteiger partial charge in [-0.05, 0) is 13.0 Å². The minimum absolute atomic E-state index is 0.447. The van der Waals surface area contributed by atoms with Gasteiger partial charge in [0.15, 0.2) is 6.29 Å². The summed E-state index contributed by atoms with van der Waals surface area (Å²) in [6.07, 6.45) is 4.16. The van der Waals surface area contributed by atoms with Crippen LogP contribution in [0.15, 0.2) is 18.5 Å². The third-order valence-corrected chi connectivity index (χ3v) is 1.97. The van der Waals surface area contributed by atoms with Crippen molar-refractivity contribution in [3.63, 3.8) is 0 Å². The molecule has 0 atom stereocenters. The van der Waals surface area contributed by atoms with Gasteiger partial charge < -0.3 is 0 Å². The molecule has 0 aliphatic heterocycles. The maximum Gasteiger partial charge on any atom is 0.168 e. The summed E-state index contributed by atoms with van der Waals surface area (Å²) in [4.78, 5) is 14.4. The molecule has 0 radical (unpaired) electrons. The number of aromatic nitrogens is 3. The fourth-order valence-corrected chi connectivity index (χ4v) is 1.31. The molecule has 0 aliphatic rings. The van der Waals surface area contributed by atoms with E-state index < -0.39 is 0 Å². The first kappa shape index (κ1) is 7.91. The molecular formula is C9H9N3O. The Morgan fingerprint density at radius 3 is 3.08 bits per heavy atom. The largest absolute Gasteiger partial charge is 0.296 e. The van der Waals surface area contributed by atoms with Crippen LogP contribution >= 0.6 is 0 Å². The molecule has 0 saturated heterocycles. The third kappa shape index (κ3) is 1.20. The Morgan fingerprint density at radius 2 is 2.38 bits per heavy atom. The van der Waals surface area contributed by atoms with Crippen molar-refractivity contribution >= 4 is 17.2 Å². The SMILES string of the molecule is CCn1ncc2cc(C=O)ncc21. The molecule has 66 valence electrons. The lowest BCUT2D eigenvalue weighted by Gasteiger charge is -1.96. The fourth-order valence-electron chi connectivity index (χ4n) is 1.31. The van der Waals surface area contributed by atoms with E-state index in [-0.39, 0.29) is 0 Å². The van der Waals surface area contributed by atoms with E-state index in [1.807, 2.05) is 11.6 Å². The lowest BCUT2D eigenvalue weighted by molar-refractivity contribution is 0.111. The first-order valence-corrected chi connectivity index (χ1v) is 4.12. The van der Waals surface area contributed by atoms with Gasteiger partial charge in [0.25, 0.3) is 0 Å². The molecule has 2 aromatic rings. The molecule has 4 heteroatoms. The smallest absolute Gasteiger partial charge is 0.168 e. The molecule has 2 aromatic heterocycles. The number of fused-ring (bicyclic) bond motifs is 1. The zero-order valence-electron chi connectivity index (χ0n) is 7.27. The van der Waals surface area contributed by atoms with Crippen LogP contribution in [0.1, 0.15) is 17.4 Å². The van der Waals surface area contributed by atoms with Crippen LogP contribution in [0.3, 0.4) is 0 Å². The maximum atomic E-state index is 10.4. The van der Waals surface area contributed by atoms with E-state index in [0.29, 0.717) is 5.69 Å². The minimum Gasteiger partial charge on any atom is -0.296 e. The van der Waals surface area contributed by atoms with Crippen molar-refractivity contribution < 1.29 is 4.79 Å². The van der Waals surface area contributed by atoms with Crippen molar-refractivity contribution in [2.24, 2.45) is 0 Å². The average molecular weight is 175 g/mol. The predicted molar refractivity (Wildman–Crippen MR) is 48.6 cm³/mol. The van der Waals surface area contributed by atoms with Crippen LogP contribution in [0, 0.1) is 0 Å². The number of hydrogen-bond acceptors (Lipinski definition) is 3. The van der Waals surface area contributed by atoms with Crippen LogP contribution in [-0.2, 0) is 6.54 Å². The summed E-state index contributed by atoms with van der Waals surface area (Å²) in [6, 6.07) is 1.74. The van der Waals surface area contributed by atoms with Crippen molar-refractivity contribution in [3.05, 3.63) is 24.2 Å². The lowest BCUT2D eigenvalue weighted by atomic mass is 10.3. The van der Waals surface area contributed by atoms with Crippen LogP contribution in [0.25, 0.3) is 10.9 Å². The van der Waals surface area contributed by atoms with E-state index in [1.54, 1.807) is 18.5 Å². The number of nitrogens with zero attached hydrogens (tertiary/aromatic N) is 3. The van der Waals surface area contributed by atoms with Gasteiger partial charge in [-0.1, -0.05) is 0 Å². The first-order valence-electron chi connectivity index (χ1n) is 4.12. The summed E-state index contributed by atoms with van der Waals surface area (Å²) in [5.74, 6) is 0. The molecule has 0 saturated carbocycles. The molecule has 0 spiro atoms. The van der Waals surface area contributed by atoms with Gasteiger partial charge in [0.05, 0.1) is 17.9 Å². The van der Waals surface area contributed by atoms with Crippen LogP contribution in [0.5, 0.6) is 0 Å². The highest BCUT2D eigenvalue weighted by atomic mass is 16.1. The van der Waals surface area contributed by atoms with Crippen molar-refractivity contribution in [1.82, 2.24) is 14.8 Å². The summed E-state index contributed by atoms with van der Waals surface area (Å²) in [5.41, 5.74) is 1.41. The average Bonchev–Trinajstić information content (AvgIpc) is 2.59. The Bertz CT molecular complexity index is 447. The van der Waals surface area contributed by atoms with Crippen molar-refractivity contribution in [2.75, 3.05) is 0 Å².